The number of aromatic nitrogens is 2. The molecule has 0 aliphatic heterocycles. The number of thiophene rings is 1. The molecule has 2 aromatic heterocycles. The molecule has 4 aromatic rings. The number of thioether (sulfide) groups is 1. The predicted octanol–water partition coefficient (Wildman–Crippen LogP) is 6.07. The Morgan fingerprint density at radius 1 is 1.15 bits per heavy atom. The minimum Gasteiger partial charge on any atom is -0.495 e. The summed E-state index contributed by atoms with van der Waals surface area (Å²) in [6.07, 6.45) is 4.14. The Hall–Kier alpha value is -2.42. The van der Waals surface area contributed by atoms with Crippen molar-refractivity contribution >= 4 is 55.0 Å². The number of halogens is 1. The standard InChI is InChI=1S/C25H21BrN2O3S2/c1-31-20-8-4-3-7-18(20)28-24(30)22-17-6-2-5-9-21(17)33-23(22)27-25(28)32-14-19(29)15-10-12-16(26)13-11-15/h3-4,7-8,10-13H,2,5-6,9,14H2,1H3. The molecule has 0 saturated heterocycles. The van der Waals surface area contributed by atoms with E-state index in [2.05, 4.69) is 15.9 Å². The molecule has 0 N–H and O–H groups in total. The molecule has 0 spiro atoms. The molecular formula is C25H21BrN2O3S2. The molecule has 0 fully saturated rings. The van der Waals surface area contributed by atoms with Crippen molar-refractivity contribution in [3.05, 3.63) is 79.4 Å². The van der Waals surface area contributed by atoms with Gasteiger partial charge in [-0.15, -0.1) is 11.3 Å². The van der Waals surface area contributed by atoms with Crippen LogP contribution in [0, 0.1) is 0 Å². The van der Waals surface area contributed by atoms with Gasteiger partial charge in [0.05, 0.1) is 23.9 Å². The summed E-state index contributed by atoms with van der Waals surface area (Å²) in [4.78, 5) is 33.6. The van der Waals surface area contributed by atoms with Crippen LogP contribution >= 0.6 is 39.0 Å². The zero-order valence-corrected chi connectivity index (χ0v) is 21.2. The maximum atomic E-state index is 13.9. The molecular weight excluding hydrogens is 520 g/mol. The second-order valence-corrected chi connectivity index (χ2v) is 10.8. The van der Waals surface area contributed by atoms with Crippen LogP contribution in [0.5, 0.6) is 5.75 Å². The minimum atomic E-state index is -0.0949. The van der Waals surface area contributed by atoms with Crippen LogP contribution in [0.3, 0.4) is 0 Å². The van der Waals surface area contributed by atoms with E-state index in [1.54, 1.807) is 35.1 Å². The van der Waals surface area contributed by atoms with Crippen LogP contribution in [0.4, 0.5) is 0 Å². The van der Waals surface area contributed by atoms with E-state index in [0.717, 1.165) is 40.5 Å². The fourth-order valence-corrected chi connectivity index (χ4v) is 6.63. The van der Waals surface area contributed by atoms with E-state index in [0.29, 0.717) is 27.5 Å². The summed E-state index contributed by atoms with van der Waals surface area (Å²) >= 11 is 6.30. The summed E-state index contributed by atoms with van der Waals surface area (Å²) in [5, 5.41) is 1.21. The number of rotatable bonds is 6. The molecule has 5 nitrogen and oxygen atoms in total. The lowest BCUT2D eigenvalue weighted by Gasteiger charge is -2.15. The number of carbonyl (C=O) groups excluding carboxylic acids is 1. The van der Waals surface area contributed by atoms with Crippen LogP contribution in [0.1, 0.15) is 33.6 Å². The molecule has 0 amide bonds. The van der Waals surface area contributed by atoms with Crippen molar-refractivity contribution in [2.45, 2.75) is 30.8 Å². The third kappa shape index (κ3) is 4.27. The summed E-state index contributed by atoms with van der Waals surface area (Å²) in [5.74, 6) is 0.754. The van der Waals surface area contributed by atoms with Gasteiger partial charge in [-0.2, -0.15) is 0 Å². The van der Waals surface area contributed by atoms with Gasteiger partial charge in [0.25, 0.3) is 5.56 Å². The maximum absolute atomic E-state index is 13.9. The van der Waals surface area contributed by atoms with Crippen LogP contribution < -0.4 is 10.3 Å². The van der Waals surface area contributed by atoms with Crippen LogP contribution in [0.25, 0.3) is 15.9 Å². The first kappa shape index (κ1) is 22.4. The zero-order valence-electron chi connectivity index (χ0n) is 18.0. The Kier molecular flexibility index (Phi) is 6.40. The van der Waals surface area contributed by atoms with Crippen molar-refractivity contribution in [2.75, 3.05) is 12.9 Å². The van der Waals surface area contributed by atoms with Gasteiger partial charge in [-0.25, -0.2) is 4.98 Å². The van der Waals surface area contributed by atoms with Gasteiger partial charge in [0.1, 0.15) is 10.6 Å². The van der Waals surface area contributed by atoms with Gasteiger partial charge < -0.3 is 4.74 Å². The second-order valence-electron chi connectivity index (χ2n) is 7.82. The topological polar surface area (TPSA) is 61.2 Å². The fourth-order valence-electron chi connectivity index (χ4n) is 4.16. The minimum absolute atomic E-state index is 0.0149. The average Bonchev–Trinajstić information content (AvgIpc) is 3.21. The summed E-state index contributed by atoms with van der Waals surface area (Å²) in [6, 6.07) is 14.7. The smallest absolute Gasteiger partial charge is 0.267 e. The largest absolute Gasteiger partial charge is 0.495 e. The van der Waals surface area contributed by atoms with Gasteiger partial charge in [-0.05, 0) is 55.5 Å². The molecule has 0 bridgehead atoms. The molecule has 0 saturated carbocycles. The predicted molar refractivity (Wildman–Crippen MR) is 138 cm³/mol. The highest BCUT2D eigenvalue weighted by molar-refractivity contribution is 9.10. The van der Waals surface area contributed by atoms with Crippen molar-refractivity contribution in [1.82, 2.24) is 9.55 Å². The third-order valence-electron chi connectivity index (χ3n) is 5.78. The normalized spacial score (nSPS) is 13.2. The van der Waals surface area contributed by atoms with E-state index in [1.807, 2.05) is 36.4 Å². The summed E-state index contributed by atoms with van der Waals surface area (Å²) in [7, 11) is 1.59. The van der Waals surface area contributed by atoms with E-state index < -0.39 is 0 Å². The Bertz CT molecular complexity index is 1410. The number of hydrogen-bond donors (Lipinski definition) is 0. The summed E-state index contributed by atoms with van der Waals surface area (Å²) < 4.78 is 8.09. The first-order chi connectivity index (χ1) is 16.1. The van der Waals surface area contributed by atoms with Crippen molar-refractivity contribution < 1.29 is 9.53 Å². The Morgan fingerprint density at radius 3 is 2.70 bits per heavy atom. The number of carbonyl (C=O) groups is 1. The summed E-state index contributed by atoms with van der Waals surface area (Å²) in [6.45, 7) is 0. The van der Waals surface area contributed by atoms with Crippen molar-refractivity contribution in [3.8, 4) is 11.4 Å². The fraction of sp³-hybridized carbons (Fsp3) is 0.240. The number of aryl methyl sites for hydroxylation is 2. The molecule has 168 valence electrons. The van der Waals surface area contributed by atoms with Crippen molar-refractivity contribution in [2.24, 2.45) is 0 Å². The Labute approximate surface area is 207 Å². The molecule has 2 heterocycles. The van der Waals surface area contributed by atoms with Crippen LogP contribution in [-0.2, 0) is 12.8 Å². The number of para-hydroxylation sites is 2. The van der Waals surface area contributed by atoms with Gasteiger partial charge in [-0.3, -0.25) is 14.2 Å². The first-order valence-electron chi connectivity index (χ1n) is 10.7. The van der Waals surface area contributed by atoms with E-state index in [9.17, 15) is 9.59 Å². The highest BCUT2D eigenvalue weighted by atomic mass is 79.9. The number of nitrogens with zero attached hydrogens (tertiary/aromatic N) is 2. The van der Waals surface area contributed by atoms with E-state index in [1.165, 1.54) is 16.6 Å². The Morgan fingerprint density at radius 2 is 1.91 bits per heavy atom. The van der Waals surface area contributed by atoms with Crippen LogP contribution in [0.2, 0.25) is 0 Å². The number of fused-ring (bicyclic) bond motifs is 3. The highest BCUT2D eigenvalue weighted by Crippen LogP contribution is 2.36. The highest BCUT2D eigenvalue weighted by Gasteiger charge is 2.24. The van der Waals surface area contributed by atoms with Gasteiger partial charge in [0.15, 0.2) is 10.9 Å². The molecule has 5 rings (SSSR count). The zero-order chi connectivity index (χ0) is 22.9. The molecule has 0 radical (unpaired) electrons. The molecule has 33 heavy (non-hydrogen) atoms. The maximum Gasteiger partial charge on any atom is 0.267 e. The molecule has 0 unspecified atom stereocenters. The summed E-state index contributed by atoms with van der Waals surface area (Å²) in [5.41, 5.74) is 2.31. The number of Topliss-reactive ketones (excluding diaryl/α,β-unsaturated/α-hetero) is 1. The lowest BCUT2D eigenvalue weighted by Crippen LogP contribution is -2.23. The van der Waals surface area contributed by atoms with Gasteiger partial charge in [0.2, 0.25) is 0 Å². The lowest BCUT2D eigenvalue weighted by atomic mass is 9.97. The third-order valence-corrected chi connectivity index (χ3v) is 8.44. The van der Waals surface area contributed by atoms with Crippen LogP contribution in [-0.4, -0.2) is 28.2 Å². The average molecular weight is 541 g/mol. The van der Waals surface area contributed by atoms with E-state index in [-0.39, 0.29) is 17.1 Å². The molecule has 0 atom stereocenters. The van der Waals surface area contributed by atoms with E-state index >= 15 is 0 Å². The van der Waals surface area contributed by atoms with Gasteiger partial charge in [0, 0.05) is 14.9 Å². The van der Waals surface area contributed by atoms with E-state index in [4.69, 9.17) is 9.72 Å². The molecule has 1 aliphatic rings. The number of ether oxygens (including phenoxy) is 1. The van der Waals surface area contributed by atoms with Gasteiger partial charge >= 0.3 is 0 Å². The number of methoxy groups -OCH3 is 1. The van der Waals surface area contributed by atoms with Gasteiger partial charge in [-0.1, -0.05) is 52.0 Å². The number of hydrogen-bond acceptors (Lipinski definition) is 6. The van der Waals surface area contributed by atoms with Crippen molar-refractivity contribution in [3.63, 3.8) is 0 Å². The second kappa shape index (κ2) is 9.44. The number of ketones is 1. The first-order valence-corrected chi connectivity index (χ1v) is 13.3. The molecule has 2 aromatic carbocycles. The van der Waals surface area contributed by atoms with Crippen LogP contribution in [0.15, 0.2) is 63.0 Å². The lowest BCUT2D eigenvalue weighted by molar-refractivity contribution is 0.102. The van der Waals surface area contributed by atoms with Crippen molar-refractivity contribution in [1.29, 1.82) is 0 Å². The SMILES string of the molecule is COc1ccccc1-n1c(SCC(=O)c2ccc(Br)cc2)nc2sc3c(c2c1=O)CCCC3. The quantitative estimate of drug-likeness (QED) is 0.168. The monoisotopic (exact) mass is 540 g/mol. The number of benzene rings is 2. The Balaban J connectivity index is 1.62. The molecule has 1 aliphatic carbocycles. The molecule has 8 heteroatoms.